The number of imidazole rings is 1. The second-order valence-corrected chi connectivity index (χ2v) is 6.25. The number of aromatic nitrogens is 2. The molecule has 2 heterocycles. The van der Waals surface area contributed by atoms with Crippen molar-refractivity contribution in [3.63, 3.8) is 0 Å². The number of nitrogen functional groups attached to an aromatic ring is 1. The van der Waals surface area contributed by atoms with Gasteiger partial charge in [-0.05, 0) is 24.6 Å². The second kappa shape index (κ2) is 6.40. The summed E-state index contributed by atoms with van der Waals surface area (Å²) in [6, 6.07) is 10.8. The number of halogens is 2. The number of benzene rings is 1. The lowest BCUT2D eigenvalue weighted by molar-refractivity contribution is 0.0952. The number of para-hydroxylation sites is 1. The topological polar surface area (TPSA) is 69.6 Å². The third-order valence-corrected chi connectivity index (χ3v) is 4.46. The van der Waals surface area contributed by atoms with Crippen molar-refractivity contribution < 1.29 is 18.3 Å². The van der Waals surface area contributed by atoms with E-state index in [0.717, 1.165) is 11.1 Å². The van der Waals surface area contributed by atoms with Gasteiger partial charge in [0.2, 0.25) is 0 Å². The molecule has 2 aromatic heterocycles. The van der Waals surface area contributed by atoms with Crippen molar-refractivity contribution in [1.82, 2.24) is 9.38 Å². The standard InChI is InChI=1S/C19H17F2N3O2/c20-7-8-26-15-4-2-1-3-12(15)11-5-6-16-23-19(22)17(24(16)10-11)18(25)13-9-14(13)21/h1-6,10,13-14H,7-9,22H2/t13-,14-/m1/s1. The number of fused-ring (bicyclic) bond motifs is 1. The Hall–Kier alpha value is -2.96. The highest BCUT2D eigenvalue weighted by Crippen LogP contribution is 2.38. The zero-order valence-corrected chi connectivity index (χ0v) is 13.9. The molecule has 7 heteroatoms. The van der Waals surface area contributed by atoms with Crippen LogP contribution < -0.4 is 10.5 Å². The van der Waals surface area contributed by atoms with Crippen molar-refractivity contribution in [2.24, 2.45) is 5.92 Å². The van der Waals surface area contributed by atoms with Gasteiger partial charge in [-0.2, -0.15) is 0 Å². The fraction of sp³-hybridized carbons (Fsp3) is 0.263. The first kappa shape index (κ1) is 16.5. The molecule has 1 aliphatic carbocycles. The van der Waals surface area contributed by atoms with Gasteiger partial charge in [0.1, 0.15) is 36.5 Å². The Bertz CT molecular complexity index is 986. The fourth-order valence-corrected chi connectivity index (χ4v) is 3.06. The Labute approximate surface area is 148 Å². The molecule has 0 spiro atoms. The number of ether oxygens (including phenoxy) is 1. The maximum absolute atomic E-state index is 13.3. The summed E-state index contributed by atoms with van der Waals surface area (Å²) in [5.41, 5.74) is 8.13. The number of alkyl halides is 2. The summed E-state index contributed by atoms with van der Waals surface area (Å²) in [4.78, 5) is 16.7. The number of carbonyl (C=O) groups excluding carboxylic acids is 1. The zero-order valence-electron chi connectivity index (χ0n) is 13.9. The lowest BCUT2D eigenvalue weighted by Gasteiger charge is -2.11. The molecule has 5 nitrogen and oxygen atoms in total. The van der Waals surface area contributed by atoms with Crippen molar-refractivity contribution in [1.29, 1.82) is 0 Å². The predicted molar refractivity (Wildman–Crippen MR) is 93.8 cm³/mol. The van der Waals surface area contributed by atoms with E-state index >= 15 is 0 Å². The van der Waals surface area contributed by atoms with E-state index in [9.17, 15) is 13.6 Å². The van der Waals surface area contributed by atoms with Gasteiger partial charge in [-0.1, -0.05) is 18.2 Å². The first-order chi connectivity index (χ1) is 12.6. The van der Waals surface area contributed by atoms with E-state index in [1.54, 1.807) is 28.8 Å². The summed E-state index contributed by atoms with van der Waals surface area (Å²) in [5.74, 6) is -0.340. The predicted octanol–water partition coefficient (Wildman–Crippen LogP) is 3.47. The number of nitrogens with two attached hydrogens (primary N) is 1. The minimum Gasteiger partial charge on any atom is -0.490 e. The minimum atomic E-state index is -1.11. The molecular weight excluding hydrogens is 340 g/mol. The summed E-state index contributed by atoms with van der Waals surface area (Å²) in [5, 5.41) is 0. The number of hydrogen-bond acceptors (Lipinski definition) is 4. The van der Waals surface area contributed by atoms with Crippen LogP contribution >= 0.6 is 0 Å². The number of nitrogens with zero attached hydrogens (tertiary/aromatic N) is 2. The van der Waals surface area contributed by atoms with E-state index in [1.807, 2.05) is 18.2 Å². The van der Waals surface area contributed by atoms with Gasteiger partial charge in [0.05, 0.1) is 5.92 Å². The van der Waals surface area contributed by atoms with Gasteiger partial charge in [0, 0.05) is 17.3 Å². The molecule has 3 aromatic rings. The summed E-state index contributed by atoms with van der Waals surface area (Å²) in [6.07, 6.45) is 0.843. The molecule has 0 bridgehead atoms. The number of rotatable bonds is 6. The maximum Gasteiger partial charge on any atom is 0.189 e. The molecule has 1 fully saturated rings. The van der Waals surface area contributed by atoms with Crippen molar-refractivity contribution in [3.8, 4) is 16.9 Å². The molecule has 26 heavy (non-hydrogen) atoms. The maximum atomic E-state index is 13.3. The Morgan fingerprint density at radius 3 is 2.81 bits per heavy atom. The van der Waals surface area contributed by atoms with Crippen LogP contribution in [0.1, 0.15) is 16.9 Å². The third-order valence-electron chi connectivity index (χ3n) is 4.46. The summed E-state index contributed by atoms with van der Waals surface area (Å²) in [7, 11) is 0. The smallest absolute Gasteiger partial charge is 0.189 e. The van der Waals surface area contributed by atoms with E-state index in [4.69, 9.17) is 10.5 Å². The van der Waals surface area contributed by atoms with Gasteiger partial charge >= 0.3 is 0 Å². The molecule has 1 aliphatic rings. The largest absolute Gasteiger partial charge is 0.490 e. The van der Waals surface area contributed by atoms with Crippen LogP contribution in [0.4, 0.5) is 14.6 Å². The Balaban J connectivity index is 1.80. The number of pyridine rings is 1. The molecular formula is C19H17F2N3O2. The molecule has 2 N–H and O–H groups in total. The zero-order chi connectivity index (χ0) is 18.3. The first-order valence-electron chi connectivity index (χ1n) is 8.34. The lowest BCUT2D eigenvalue weighted by atomic mass is 10.1. The van der Waals surface area contributed by atoms with E-state index in [-0.39, 0.29) is 30.3 Å². The quantitative estimate of drug-likeness (QED) is 0.686. The van der Waals surface area contributed by atoms with Crippen LogP contribution in [0, 0.1) is 5.92 Å². The number of carbonyl (C=O) groups is 1. The van der Waals surface area contributed by atoms with Gasteiger partial charge in [0.25, 0.3) is 0 Å². The highest BCUT2D eigenvalue weighted by Gasteiger charge is 2.45. The molecule has 1 saturated carbocycles. The van der Waals surface area contributed by atoms with Gasteiger partial charge in [-0.15, -0.1) is 0 Å². The molecule has 2 atom stereocenters. The number of hydrogen-bond donors (Lipinski definition) is 1. The second-order valence-electron chi connectivity index (χ2n) is 6.25. The van der Waals surface area contributed by atoms with Crippen molar-refractivity contribution in [2.75, 3.05) is 19.0 Å². The van der Waals surface area contributed by atoms with Crippen LogP contribution in [0.3, 0.4) is 0 Å². The van der Waals surface area contributed by atoms with Crippen LogP contribution in [0.25, 0.3) is 16.8 Å². The van der Waals surface area contributed by atoms with Crippen LogP contribution in [0.15, 0.2) is 42.6 Å². The Morgan fingerprint density at radius 2 is 2.08 bits per heavy atom. The normalized spacial score (nSPS) is 18.8. The molecule has 134 valence electrons. The summed E-state index contributed by atoms with van der Waals surface area (Å²) in [6.45, 7) is -0.629. The van der Waals surface area contributed by atoms with E-state index in [0.29, 0.717) is 11.4 Å². The van der Waals surface area contributed by atoms with Crippen molar-refractivity contribution >= 4 is 17.2 Å². The SMILES string of the molecule is Nc1nc2ccc(-c3ccccc3OCCF)cn2c1C(=O)[C@@H]1C[C@H]1F. The third kappa shape index (κ3) is 2.79. The fourth-order valence-electron chi connectivity index (χ4n) is 3.06. The number of anilines is 1. The van der Waals surface area contributed by atoms with Crippen molar-refractivity contribution in [2.45, 2.75) is 12.6 Å². The van der Waals surface area contributed by atoms with Gasteiger partial charge < -0.3 is 10.5 Å². The van der Waals surface area contributed by atoms with Crippen LogP contribution in [0.2, 0.25) is 0 Å². The molecule has 0 radical (unpaired) electrons. The average Bonchev–Trinajstić information content (AvgIpc) is 3.28. The first-order valence-corrected chi connectivity index (χ1v) is 8.34. The van der Waals surface area contributed by atoms with E-state index in [2.05, 4.69) is 4.98 Å². The van der Waals surface area contributed by atoms with E-state index < -0.39 is 18.8 Å². The van der Waals surface area contributed by atoms with Gasteiger partial charge in [-0.3, -0.25) is 9.20 Å². The van der Waals surface area contributed by atoms with E-state index in [1.165, 1.54) is 0 Å². The van der Waals surface area contributed by atoms with Crippen LogP contribution in [-0.4, -0.2) is 34.6 Å². The Morgan fingerprint density at radius 1 is 1.31 bits per heavy atom. The van der Waals surface area contributed by atoms with Crippen LogP contribution in [-0.2, 0) is 0 Å². The summed E-state index contributed by atoms with van der Waals surface area (Å²) < 4.78 is 32.8. The number of ketones is 1. The molecule has 0 amide bonds. The Kier molecular flexibility index (Phi) is 4.06. The highest BCUT2D eigenvalue weighted by atomic mass is 19.1. The summed E-state index contributed by atoms with van der Waals surface area (Å²) >= 11 is 0. The van der Waals surface area contributed by atoms with Crippen molar-refractivity contribution in [3.05, 3.63) is 48.3 Å². The van der Waals surface area contributed by atoms with Gasteiger partial charge in [0.15, 0.2) is 11.6 Å². The monoisotopic (exact) mass is 357 g/mol. The van der Waals surface area contributed by atoms with Crippen LogP contribution in [0.5, 0.6) is 5.75 Å². The minimum absolute atomic E-state index is 0.0411. The molecule has 4 rings (SSSR count). The number of Topliss-reactive ketones (excluding diaryl/α,β-unsaturated/α-hetero) is 1. The molecule has 0 aliphatic heterocycles. The van der Waals surface area contributed by atoms with Gasteiger partial charge in [-0.25, -0.2) is 13.8 Å². The average molecular weight is 357 g/mol. The molecule has 0 unspecified atom stereocenters. The highest BCUT2D eigenvalue weighted by molar-refractivity contribution is 6.03. The molecule has 0 saturated heterocycles. The molecule has 1 aromatic carbocycles. The lowest BCUT2D eigenvalue weighted by Crippen LogP contribution is -2.10.